The minimum absolute atomic E-state index is 0.398. The van der Waals surface area contributed by atoms with E-state index in [0.29, 0.717) is 16.8 Å². The first kappa shape index (κ1) is 13.1. The third-order valence-electron chi connectivity index (χ3n) is 3.31. The molecule has 4 nitrogen and oxygen atoms in total. The van der Waals surface area contributed by atoms with Crippen LogP contribution in [0.5, 0.6) is 0 Å². The van der Waals surface area contributed by atoms with Crippen LogP contribution in [-0.2, 0) is 0 Å². The quantitative estimate of drug-likeness (QED) is 0.905. The van der Waals surface area contributed by atoms with E-state index in [1.807, 2.05) is 18.2 Å². The van der Waals surface area contributed by atoms with E-state index in [2.05, 4.69) is 31.4 Å². The van der Waals surface area contributed by atoms with Crippen molar-refractivity contribution in [2.24, 2.45) is 0 Å². The summed E-state index contributed by atoms with van der Waals surface area (Å²) in [4.78, 5) is 4.51. The summed E-state index contributed by atoms with van der Waals surface area (Å²) >= 11 is 9.37. The molecule has 0 bridgehead atoms. The minimum Gasteiger partial charge on any atom is -0.334 e. The third-order valence-corrected chi connectivity index (χ3v) is 4.53. The molecule has 100 valence electrons. The van der Waals surface area contributed by atoms with E-state index in [9.17, 15) is 0 Å². The smallest absolute Gasteiger partial charge is 0.257 e. The number of benzene rings is 1. The van der Waals surface area contributed by atoms with E-state index in [1.54, 1.807) is 0 Å². The molecule has 1 aromatic heterocycles. The van der Waals surface area contributed by atoms with Crippen molar-refractivity contribution in [2.45, 2.75) is 18.8 Å². The van der Waals surface area contributed by atoms with E-state index in [4.69, 9.17) is 16.1 Å². The Balaban J connectivity index is 1.85. The molecule has 1 saturated heterocycles. The Labute approximate surface area is 124 Å². The summed E-state index contributed by atoms with van der Waals surface area (Å²) in [5.41, 5.74) is 0.879. The van der Waals surface area contributed by atoms with Gasteiger partial charge in [-0.25, -0.2) is 0 Å². The molecule has 6 heteroatoms. The molecule has 1 aliphatic heterocycles. The zero-order valence-electron chi connectivity index (χ0n) is 10.2. The lowest BCUT2D eigenvalue weighted by Crippen LogP contribution is -2.27. The minimum atomic E-state index is 0.398. The van der Waals surface area contributed by atoms with Gasteiger partial charge in [-0.2, -0.15) is 4.98 Å². The van der Waals surface area contributed by atoms with Crippen molar-refractivity contribution < 1.29 is 4.52 Å². The highest BCUT2D eigenvalue weighted by Crippen LogP contribution is 2.29. The molecule has 0 atom stereocenters. The fourth-order valence-corrected chi connectivity index (χ4v) is 2.72. The average Bonchev–Trinajstić information content (AvgIpc) is 2.93. The number of nitrogens with one attached hydrogen (secondary N) is 1. The Morgan fingerprint density at radius 1 is 1.32 bits per heavy atom. The van der Waals surface area contributed by atoms with Gasteiger partial charge < -0.3 is 9.84 Å². The van der Waals surface area contributed by atoms with E-state index < -0.39 is 0 Å². The molecule has 2 aromatic rings. The number of piperidine rings is 1. The maximum atomic E-state index is 5.97. The topological polar surface area (TPSA) is 51.0 Å². The highest BCUT2D eigenvalue weighted by Gasteiger charge is 2.21. The van der Waals surface area contributed by atoms with Crippen molar-refractivity contribution >= 4 is 27.5 Å². The van der Waals surface area contributed by atoms with E-state index in [-0.39, 0.29) is 0 Å². The summed E-state index contributed by atoms with van der Waals surface area (Å²) in [6.07, 6.45) is 2.12. The number of nitrogens with zero attached hydrogens (tertiary/aromatic N) is 2. The number of rotatable bonds is 2. The van der Waals surface area contributed by atoms with Crippen molar-refractivity contribution in [2.75, 3.05) is 13.1 Å². The monoisotopic (exact) mass is 341 g/mol. The number of hydrogen-bond donors (Lipinski definition) is 1. The second kappa shape index (κ2) is 5.61. The first-order valence-corrected chi connectivity index (χ1v) is 7.41. The first-order chi connectivity index (χ1) is 9.24. The van der Waals surface area contributed by atoms with Crippen LogP contribution in [-0.4, -0.2) is 23.2 Å². The maximum absolute atomic E-state index is 5.97. The van der Waals surface area contributed by atoms with E-state index >= 15 is 0 Å². The lowest BCUT2D eigenvalue weighted by Gasteiger charge is -2.18. The van der Waals surface area contributed by atoms with Crippen LogP contribution < -0.4 is 5.32 Å². The van der Waals surface area contributed by atoms with Crippen molar-refractivity contribution in [3.05, 3.63) is 33.5 Å². The lowest BCUT2D eigenvalue weighted by molar-refractivity contribution is 0.392. The fourth-order valence-electron chi connectivity index (χ4n) is 2.23. The Bertz CT molecular complexity index is 581. The van der Waals surface area contributed by atoms with Crippen LogP contribution in [0.25, 0.3) is 11.5 Å². The van der Waals surface area contributed by atoms with Crippen LogP contribution in [0.4, 0.5) is 0 Å². The van der Waals surface area contributed by atoms with Crippen LogP contribution in [0, 0.1) is 0 Å². The lowest BCUT2D eigenvalue weighted by atomic mass is 9.98. The second-order valence-electron chi connectivity index (χ2n) is 4.61. The standard InChI is InChI=1S/C13H13BrClN3O/c14-10-7-9(1-2-11(10)15)13-17-12(18-19-13)8-3-5-16-6-4-8/h1-2,7-8,16H,3-6H2. The molecule has 3 rings (SSSR count). The Hall–Kier alpha value is -0.910. The maximum Gasteiger partial charge on any atom is 0.257 e. The summed E-state index contributed by atoms with van der Waals surface area (Å²) in [5, 5.41) is 8.10. The van der Waals surface area contributed by atoms with Crippen LogP contribution >= 0.6 is 27.5 Å². The Morgan fingerprint density at radius 3 is 2.84 bits per heavy atom. The van der Waals surface area contributed by atoms with Gasteiger partial charge in [0.15, 0.2) is 5.82 Å². The second-order valence-corrected chi connectivity index (χ2v) is 5.87. The van der Waals surface area contributed by atoms with Gasteiger partial charge in [0.25, 0.3) is 5.89 Å². The number of hydrogen-bond acceptors (Lipinski definition) is 4. The molecule has 0 saturated carbocycles. The van der Waals surface area contributed by atoms with Crippen LogP contribution in [0.1, 0.15) is 24.6 Å². The van der Waals surface area contributed by atoms with Crippen LogP contribution in [0.2, 0.25) is 5.02 Å². The molecule has 0 aliphatic carbocycles. The third kappa shape index (κ3) is 2.83. The Kier molecular flexibility index (Phi) is 3.86. The molecule has 1 N–H and O–H groups in total. The molecule has 0 amide bonds. The SMILES string of the molecule is Clc1ccc(-c2nc(C3CCNCC3)no2)cc1Br. The van der Waals surface area contributed by atoms with E-state index in [1.165, 1.54) is 0 Å². The summed E-state index contributed by atoms with van der Waals surface area (Å²) in [6, 6.07) is 5.59. The molecular weight excluding hydrogens is 330 g/mol. The molecular formula is C13H13BrClN3O. The molecule has 1 aromatic carbocycles. The average molecular weight is 343 g/mol. The van der Waals surface area contributed by atoms with Gasteiger partial charge in [-0.3, -0.25) is 0 Å². The highest BCUT2D eigenvalue weighted by molar-refractivity contribution is 9.10. The molecule has 1 fully saturated rings. The van der Waals surface area contributed by atoms with Gasteiger partial charge in [0, 0.05) is 16.0 Å². The van der Waals surface area contributed by atoms with Gasteiger partial charge in [-0.05, 0) is 60.1 Å². The molecule has 1 aliphatic rings. The molecule has 0 spiro atoms. The highest BCUT2D eigenvalue weighted by atomic mass is 79.9. The first-order valence-electron chi connectivity index (χ1n) is 6.24. The summed E-state index contributed by atoms with van der Waals surface area (Å²) in [7, 11) is 0. The molecule has 19 heavy (non-hydrogen) atoms. The van der Waals surface area contributed by atoms with Crippen molar-refractivity contribution in [1.82, 2.24) is 15.5 Å². The van der Waals surface area contributed by atoms with Crippen LogP contribution in [0.15, 0.2) is 27.2 Å². The number of halogens is 2. The van der Waals surface area contributed by atoms with Gasteiger partial charge in [0.2, 0.25) is 0 Å². The predicted molar refractivity (Wildman–Crippen MR) is 77.3 cm³/mol. The van der Waals surface area contributed by atoms with Crippen LogP contribution in [0.3, 0.4) is 0 Å². The van der Waals surface area contributed by atoms with Crippen molar-refractivity contribution in [3.63, 3.8) is 0 Å². The summed E-state index contributed by atoms with van der Waals surface area (Å²) in [6.45, 7) is 2.03. The largest absolute Gasteiger partial charge is 0.334 e. The molecule has 0 unspecified atom stereocenters. The number of aromatic nitrogens is 2. The van der Waals surface area contributed by atoms with Gasteiger partial charge in [0.05, 0.1) is 5.02 Å². The summed E-state index contributed by atoms with van der Waals surface area (Å²) in [5.74, 6) is 1.75. The van der Waals surface area contributed by atoms with Crippen molar-refractivity contribution in [1.29, 1.82) is 0 Å². The van der Waals surface area contributed by atoms with Gasteiger partial charge in [-0.1, -0.05) is 16.8 Å². The van der Waals surface area contributed by atoms with Gasteiger partial charge >= 0.3 is 0 Å². The molecule has 2 heterocycles. The van der Waals surface area contributed by atoms with Gasteiger partial charge in [0.1, 0.15) is 0 Å². The normalized spacial score (nSPS) is 16.7. The zero-order valence-corrected chi connectivity index (χ0v) is 12.5. The van der Waals surface area contributed by atoms with Gasteiger partial charge in [-0.15, -0.1) is 0 Å². The van der Waals surface area contributed by atoms with E-state index in [0.717, 1.165) is 41.8 Å². The fraction of sp³-hybridized carbons (Fsp3) is 0.385. The zero-order chi connectivity index (χ0) is 13.2. The Morgan fingerprint density at radius 2 is 2.11 bits per heavy atom. The van der Waals surface area contributed by atoms with Crippen molar-refractivity contribution in [3.8, 4) is 11.5 Å². The predicted octanol–water partition coefficient (Wildman–Crippen LogP) is 3.62. The summed E-state index contributed by atoms with van der Waals surface area (Å²) < 4.78 is 6.18. The molecule has 0 radical (unpaired) electrons.